The van der Waals surface area contributed by atoms with Crippen LogP contribution in [-0.2, 0) is 9.59 Å². The van der Waals surface area contributed by atoms with E-state index in [4.69, 9.17) is 4.74 Å². The molecule has 1 aliphatic rings. The van der Waals surface area contributed by atoms with Crippen molar-refractivity contribution in [2.45, 2.75) is 12.8 Å². The zero-order valence-electron chi connectivity index (χ0n) is 11.3. The quantitative estimate of drug-likeness (QED) is 0.528. The summed E-state index contributed by atoms with van der Waals surface area (Å²) < 4.78 is 4.96. The molecule has 8 heteroatoms. The van der Waals surface area contributed by atoms with Crippen LogP contribution in [0.4, 0.5) is 0 Å². The van der Waals surface area contributed by atoms with Crippen molar-refractivity contribution in [3.05, 3.63) is 23.8 Å². The summed E-state index contributed by atoms with van der Waals surface area (Å²) in [6, 6.07) is 4.91. The van der Waals surface area contributed by atoms with Gasteiger partial charge in [-0.25, -0.2) is 10.9 Å². The normalized spacial score (nSPS) is 14.0. The highest BCUT2D eigenvalue weighted by atomic mass is 16.5. The Morgan fingerprint density at radius 2 is 2.43 bits per heavy atom. The molecular formula is C13H14N4O4. The number of benzene rings is 1. The van der Waals surface area contributed by atoms with E-state index in [2.05, 4.69) is 21.1 Å². The lowest BCUT2D eigenvalue weighted by Crippen LogP contribution is -2.20. The molecule has 1 aromatic rings. The van der Waals surface area contributed by atoms with Crippen LogP contribution in [0.25, 0.3) is 0 Å². The van der Waals surface area contributed by atoms with Crippen LogP contribution in [0, 0.1) is 0 Å². The van der Waals surface area contributed by atoms with Gasteiger partial charge in [-0.15, -0.1) is 0 Å². The van der Waals surface area contributed by atoms with Crippen LogP contribution in [0.15, 0.2) is 28.4 Å². The van der Waals surface area contributed by atoms with Gasteiger partial charge >= 0.3 is 0 Å². The summed E-state index contributed by atoms with van der Waals surface area (Å²) in [6.45, 7) is 0. The van der Waals surface area contributed by atoms with E-state index in [-0.39, 0.29) is 24.5 Å². The molecule has 0 saturated heterocycles. The Morgan fingerprint density at radius 1 is 1.62 bits per heavy atom. The van der Waals surface area contributed by atoms with Crippen molar-refractivity contribution in [2.24, 2.45) is 10.2 Å². The van der Waals surface area contributed by atoms with E-state index in [0.717, 1.165) is 0 Å². The largest absolute Gasteiger partial charge is 0.504 e. The highest BCUT2D eigenvalue weighted by Crippen LogP contribution is 2.27. The molecule has 2 amide bonds. The number of nitrogens with one attached hydrogen (secondary N) is 2. The van der Waals surface area contributed by atoms with Gasteiger partial charge < -0.3 is 9.84 Å². The molecule has 0 bridgehead atoms. The van der Waals surface area contributed by atoms with Gasteiger partial charge in [-0.2, -0.15) is 10.2 Å². The third kappa shape index (κ3) is 3.78. The first-order valence-electron chi connectivity index (χ1n) is 6.12. The number of rotatable bonds is 5. The minimum absolute atomic E-state index is 0.0137. The van der Waals surface area contributed by atoms with Gasteiger partial charge in [-0.05, 0) is 12.1 Å². The Labute approximate surface area is 120 Å². The van der Waals surface area contributed by atoms with Crippen LogP contribution < -0.4 is 15.6 Å². The number of phenols is 1. The molecule has 1 heterocycles. The average Bonchev–Trinajstić information content (AvgIpc) is 2.86. The molecule has 8 nitrogen and oxygen atoms in total. The predicted octanol–water partition coefficient (Wildman–Crippen LogP) is 0.117. The van der Waals surface area contributed by atoms with Crippen molar-refractivity contribution in [3.8, 4) is 11.5 Å². The second-order valence-electron chi connectivity index (χ2n) is 4.26. The lowest BCUT2D eigenvalue weighted by atomic mass is 10.2. The molecule has 0 unspecified atom stereocenters. The molecule has 1 aliphatic heterocycles. The molecule has 0 radical (unpaired) electrons. The van der Waals surface area contributed by atoms with Crippen molar-refractivity contribution in [1.29, 1.82) is 0 Å². The fourth-order valence-electron chi connectivity index (χ4n) is 1.71. The average molecular weight is 290 g/mol. The smallest absolute Gasteiger partial charge is 0.245 e. The molecule has 21 heavy (non-hydrogen) atoms. The molecule has 0 aromatic heterocycles. The second-order valence-corrected chi connectivity index (χ2v) is 4.26. The van der Waals surface area contributed by atoms with Gasteiger partial charge in [0.15, 0.2) is 11.5 Å². The molecule has 0 fully saturated rings. The Bertz CT molecular complexity index is 625. The molecule has 0 saturated carbocycles. The van der Waals surface area contributed by atoms with Gasteiger partial charge in [0.2, 0.25) is 11.8 Å². The number of hydrazone groups is 2. The van der Waals surface area contributed by atoms with E-state index in [1.807, 2.05) is 0 Å². The third-order valence-corrected chi connectivity index (χ3v) is 2.71. The van der Waals surface area contributed by atoms with Gasteiger partial charge in [0.25, 0.3) is 0 Å². The number of phenolic OH excluding ortho intramolecular Hbond substituents is 1. The maximum absolute atomic E-state index is 11.6. The molecule has 0 atom stereocenters. The molecule has 0 aliphatic carbocycles. The Kier molecular flexibility index (Phi) is 4.50. The van der Waals surface area contributed by atoms with Crippen molar-refractivity contribution < 1.29 is 19.4 Å². The number of nitrogens with zero attached hydrogens (tertiary/aromatic N) is 2. The number of para-hydroxylation sites is 1. The van der Waals surface area contributed by atoms with E-state index in [0.29, 0.717) is 17.0 Å². The number of ether oxygens (including phenoxy) is 1. The zero-order valence-corrected chi connectivity index (χ0v) is 11.3. The minimum atomic E-state index is -0.399. The van der Waals surface area contributed by atoms with E-state index < -0.39 is 5.91 Å². The van der Waals surface area contributed by atoms with Gasteiger partial charge in [0.05, 0.1) is 31.9 Å². The summed E-state index contributed by atoms with van der Waals surface area (Å²) >= 11 is 0. The van der Waals surface area contributed by atoms with Crippen LogP contribution in [0.1, 0.15) is 18.4 Å². The predicted molar refractivity (Wildman–Crippen MR) is 75.2 cm³/mol. The number of methoxy groups -OCH3 is 1. The number of carbonyl (C=O) groups is 2. The summed E-state index contributed by atoms with van der Waals surface area (Å²) in [7, 11) is 1.44. The fourth-order valence-corrected chi connectivity index (χ4v) is 1.71. The van der Waals surface area contributed by atoms with Gasteiger partial charge in [0.1, 0.15) is 0 Å². The topological polar surface area (TPSA) is 112 Å². The summed E-state index contributed by atoms with van der Waals surface area (Å²) in [6.07, 6.45) is 1.41. The SMILES string of the molecule is COc1cccc(/C=N/NC(=O)CC2=NNC(=O)C2)c1O. The molecule has 1 aromatic carbocycles. The van der Waals surface area contributed by atoms with E-state index >= 15 is 0 Å². The summed E-state index contributed by atoms with van der Waals surface area (Å²) in [5.41, 5.74) is 5.42. The van der Waals surface area contributed by atoms with E-state index in [1.54, 1.807) is 18.2 Å². The maximum Gasteiger partial charge on any atom is 0.245 e. The number of hydrogen-bond acceptors (Lipinski definition) is 6. The number of amides is 2. The number of carbonyl (C=O) groups excluding carboxylic acids is 2. The van der Waals surface area contributed by atoms with Gasteiger partial charge in [-0.3, -0.25) is 9.59 Å². The van der Waals surface area contributed by atoms with E-state index in [9.17, 15) is 14.7 Å². The first-order chi connectivity index (χ1) is 10.1. The highest BCUT2D eigenvalue weighted by molar-refractivity contribution is 6.11. The van der Waals surface area contributed by atoms with E-state index in [1.165, 1.54) is 13.3 Å². The van der Waals surface area contributed by atoms with Gasteiger partial charge in [0, 0.05) is 5.56 Å². The van der Waals surface area contributed by atoms with Crippen molar-refractivity contribution in [2.75, 3.05) is 7.11 Å². The first-order valence-corrected chi connectivity index (χ1v) is 6.12. The van der Waals surface area contributed by atoms with Crippen LogP contribution in [0.3, 0.4) is 0 Å². The van der Waals surface area contributed by atoms with Crippen LogP contribution >= 0.6 is 0 Å². The van der Waals surface area contributed by atoms with Crippen molar-refractivity contribution in [3.63, 3.8) is 0 Å². The lowest BCUT2D eigenvalue weighted by molar-refractivity contribution is -0.119. The Hall–Kier alpha value is -2.90. The molecule has 0 spiro atoms. The fraction of sp³-hybridized carbons (Fsp3) is 0.231. The maximum atomic E-state index is 11.6. The number of aromatic hydroxyl groups is 1. The van der Waals surface area contributed by atoms with Crippen LogP contribution in [-0.4, -0.2) is 36.0 Å². The van der Waals surface area contributed by atoms with Crippen LogP contribution in [0.2, 0.25) is 0 Å². The summed E-state index contributed by atoms with van der Waals surface area (Å²) in [5.74, 6) is -0.380. The van der Waals surface area contributed by atoms with Crippen LogP contribution in [0.5, 0.6) is 11.5 Å². The number of hydrogen-bond donors (Lipinski definition) is 3. The highest BCUT2D eigenvalue weighted by Gasteiger charge is 2.17. The summed E-state index contributed by atoms with van der Waals surface area (Å²) in [5, 5.41) is 17.3. The molecule has 2 rings (SSSR count). The third-order valence-electron chi connectivity index (χ3n) is 2.71. The lowest BCUT2D eigenvalue weighted by Gasteiger charge is -2.04. The monoisotopic (exact) mass is 290 g/mol. The van der Waals surface area contributed by atoms with Crippen molar-refractivity contribution in [1.82, 2.24) is 10.9 Å². The molecule has 3 N–H and O–H groups in total. The Morgan fingerprint density at radius 3 is 3.10 bits per heavy atom. The first kappa shape index (κ1) is 14.5. The Balaban J connectivity index is 1.90. The second kappa shape index (κ2) is 6.51. The van der Waals surface area contributed by atoms with Gasteiger partial charge in [-0.1, -0.05) is 6.07 Å². The standard InChI is InChI=1S/C13H14N4O4/c1-21-10-4-2-3-8(13(10)20)7-14-16-11(18)5-9-6-12(19)17-15-9/h2-4,7,20H,5-6H2,1H3,(H,16,18)(H,17,19)/b14-7+. The molecular weight excluding hydrogens is 276 g/mol. The van der Waals surface area contributed by atoms with Crippen molar-refractivity contribution >= 4 is 23.7 Å². The summed E-state index contributed by atoms with van der Waals surface area (Å²) in [4.78, 5) is 22.5. The minimum Gasteiger partial charge on any atom is -0.504 e. The zero-order chi connectivity index (χ0) is 15.2. The molecule has 110 valence electrons.